The van der Waals surface area contributed by atoms with Gasteiger partial charge in [0.2, 0.25) is 0 Å². The number of rotatable bonds is 4. The van der Waals surface area contributed by atoms with Crippen LogP contribution in [0.1, 0.15) is 31.7 Å². The molecule has 0 aliphatic rings. The number of nitrogens with zero attached hydrogens (tertiary/aromatic N) is 5. The monoisotopic (exact) mass is 275 g/mol. The van der Waals surface area contributed by atoms with Gasteiger partial charge in [0.25, 0.3) is 0 Å². The second-order valence-electron chi connectivity index (χ2n) is 4.77. The summed E-state index contributed by atoms with van der Waals surface area (Å²) in [5.74, 6) is 0.741. The average molecular weight is 276 g/mol. The first-order chi connectivity index (χ1) is 9.05. The molecule has 19 heavy (non-hydrogen) atoms. The smallest absolute Gasteiger partial charge is 0.161 e. The van der Waals surface area contributed by atoms with Crippen molar-refractivity contribution in [3.05, 3.63) is 40.7 Å². The minimum absolute atomic E-state index is 0.344. The van der Waals surface area contributed by atoms with E-state index in [1.54, 1.807) is 4.68 Å². The molecule has 0 unspecified atom stereocenters. The Hall–Kier alpha value is -1.93. The molecule has 2 aromatic rings. The highest BCUT2D eigenvalue weighted by Gasteiger charge is 2.29. The van der Waals surface area contributed by atoms with Gasteiger partial charge in [0.05, 0.1) is 24.4 Å². The van der Waals surface area contributed by atoms with Crippen LogP contribution >= 0.6 is 11.6 Å². The van der Waals surface area contributed by atoms with E-state index in [1.807, 2.05) is 38.1 Å². The summed E-state index contributed by atoms with van der Waals surface area (Å²) in [5, 5.41) is 21.1. The molecule has 2 rings (SSSR count). The number of aromatic nitrogens is 4. The molecule has 98 valence electrons. The number of hydrogen-bond donors (Lipinski definition) is 0. The summed E-state index contributed by atoms with van der Waals surface area (Å²) < 4.78 is 1.68. The summed E-state index contributed by atoms with van der Waals surface area (Å²) in [6.07, 6.45) is 0.384. The second kappa shape index (κ2) is 5.37. The van der Waals surface area contributed by atoms with Crippen LogP contribution in [0, 0.1) is 11.3 Å². The quantitative estimate of drug-likeness (QED) is 0.860. The first kappa shape index (κ1) is 13.5. The Morgan fingerprint density at radius 2 is 2.00 bits per heavy atom. The highest BCUT2D eigenvalue weighted by Crippen LogP contribution is 2.30. The zero-order valence-corrected chi connectivity index (χ0v) is 11.6. The van der Waals surface area contributed by atoms with Gasteiger partial charge in [-0.1, -0.05) is 23.7 Å². The van der Waals surface area contributed by atoms with Gasteiger partial charge < -0.3 is 0 Å². The van der Waals surface area contributed by atoms with Gasteiger partial charge in [-0.05, 0) is 42.0 Å². The minimum atomic E-state index is -0.344. The van der Waals surface area contributed by atoms with Crippen molar-refractivity contribution in [2.45, 2.75) is 32.2 Å². The maximum Gasteiger partial charge on any atom is 0.161 e. The largest absolute Gasteiger partial charge is 0.228 e. The molecule has 0 saturated carbocycles. The van der Waals surface area contributed by atoms with Gasteiger partial charge in [0, 0.05) is 5.02 Å². The third kappa shape index (κ3) is 2.74. The number of aryl methyl sites for hydroxylation is 1. The Morgan fingerprint density at radius 1 is 1.32 bits per heavy atom. The lowest BCUT2D eigenvalue weighted by atomic mass is 9.84. The van der Waals surface area contributed by atoms with Gasteiger partial charge in [-0.3, -0.25) is 0 Å². The van der Waals surface area contributed by atoms with E-state index in [9.17, 15) is 0 Å². The molecule has 1 aromatic heterocycles. The Kier molecular flexibility index (Phi) is 3.82. The number of benzene rings is 1. The van der Waals surface area contributed by atoms with E-state index in [0.29, 0.717) is 18.0 Å². The zero-order valence-electron chi connectivity index (χ0n) is 10.8. The third-order valence-electron chi connectivity index (χ3n) is 3.09. The van der Waals surface area contributed by atoms with E-state index in [2.05, 4.69) is 21.6 Å². The van der Waals surface area contributed by atoms with E-state index in [0.717, 1.165) is 11.4 Å². The highest BCUT2D eigenvalue weighted by atomic mass is 35.5. The lowest BCUT2D eigenvalue weighted by Gasteiger charge is -2.23. The maximum atomic E-state index is 8.66. The predicted molar refractivity (Wildman–Crippen MR) is 71.6 cm³/mol. The van der Waals surface area contributed by atoms with Gasteiger partial charge in [0.15, 0.2) is 5.82 Å². The van der Waals surface area contributed by atoms with Crippen molar-refractivity contribution in [3.63, 3.8) is 0 Å². The number of halogens is 1. The zero-order chi connectivity index (χ0) is 13.9. The van der Waals surface area contributed by atoms with Crippen LogP contribution in [0.4, 0.5) is 0 Å². The molecule has 5 nitrogen and oxygen atoms in total. The first-order valence-electron chi connectivity index (χ1n) is 5.95. The molecule has 0 radical (unpaired) electrons. The van der Waals surface area contributed by atoms with Gasteiger partial charge in [0.1, 0.15) is 0 Å². The van der Waals surface area contributed by atoms with Crippen LogP contribution in [0.25, 0.3) is 0 Å². The van der Waals surface area contributed by atoms with Gasteiger partial charge >= 0.3 is 0 Å². The summed E-state index contributed by atoms with van der Waals surface area (Å²) in [5.41, 5.74) is 0.730. The van der Waals surface area contributed by atoms with Crippen molar-refractivity contribution >= 4 is 11.6 Å². The molecule has 0 fully saturated rings. The van der Waals surface area contributed by atoms with Crippen LogP contribution in [0.3, 0.4) is 0 Å². The predicted octanol–water partition coefficient (Wildman–Crippen LogP) is 2.57. The van der Waals surface area contributed by atoms with Crippen molar-refractivity contribution in [1.82, 2.24) is 20.2 Å². The topological polar surface area (TPSA) is 67.4 Å². The molecule has 0 atom stereocenters. The van der Waals surface area contributed by atoms with Crippen molar-refractivity contribution in [2.75, 3.05) is 0 Å². The fourth-order valence-electron chi connectivity index (χ4n) is 1.95. The molecule has 1 aromatic carbocycles. The van der Waals surface area contributed by atoms with Crippen LogP contribution < -0.4 is 0 Å². The number of hydrogen-bond acceptors (Lipinski definition) is 4. The van der Waals surface area contributed by atoms with Crippen LogP contribution in [0.2, 0.25) is 5.02 Å². The average Bonchev–Trinajstić information content (AvgIpc) is 2.86. The SMILES string of the molecule is CC(C)(c1ccc(Cl)cc1)c1nnnn1CCC#N. The Morgan fingerprint density at radius 3 is 2.63 bits per heavy atom. The Balaban J connectivity index is 2.36. The van der Waals surface area contributed by atoms with Crippen LogP contribution in [-0.4, -0.2) is 20.2 Å². The van der Waals surface area contributed by atoms with E-state index in [-0.39, 0.29) is 5.41 Å². The summed E-state index contributed by atoms with van der Waals surface area (Å²) >= 11 is 5.90. The molecule has 1 heterocycles. The summed E-state index contributed by atoms with van der Waals surface area (Å²) in [6.45, 7) is 4.59. The molecule has 6 heteroatoms. The minimum Gasteiger partial charge on any atom is -0.228 e. The van der Waals surface area contributed by atoms with E-state index < -0.39 is 0 Å². The molecule has 0 aliphatic heterocycles. The fourth-order valence-corrected chi connectivity index (χ4v) is 2.08. The standard InChI is InChI=1S/C13H14ClN5/c1-13(2,10-4-6-11(14)7-5-10)12-16-17-18-19(12)9-3-8-15/h4-7H,3,9H2,1-2H3. The fraction of sp³-hybridized carbons (Fsp3) is 0.385. The van der Waals surface area contributed by atoms with Crippen molar-refractivity contribution < 1.29 is 0 Å². The molecule has 0 saturated heterocycles. The molecular formula is C13H14ClN5. The van der Waals surface area contributed by atoms with E-state index >= 15 is 0 Å². The van der Waals surface area contributed by atoms with Crippen LogP contribution in [-0.2, 0) is 12.0 Å². The maximum absolute atomic E-state index is 8.66. The van der Waals surface area contributed by atoms with Gasteiger partial charge in [-0.25, -0.2) is 4.68 Å². The van der Waals surface area contributed by atoms with Gasteiger partial charge in [-0.15, -0.1) is 5.10 Å². The first-order valence-corrected chi connectivity index (χ1v) is 6.33. The van der Waals surface area contributed by atoms with Crippen LogP contribution in [0.5, 0.6) is 0 Å². The molecule has 0 N–H and O–H groups in total. The summed E-state index contributed by atoms with van der Waals surface area (Å²) in [7, 11) is 0. The lowest BCUT2D eigenvalue weighted by molar-refractivity contribution is 0.499. The number of tetrazole rings is 1. The highest BCUT2D eigenvalue weighted by molar-refractivity contribution is 6.30. The van der Waals surface area contributed by atoms with Crippen LogP contribution in [0.15, 0.2) is 24.3 Å². The molecule has 0 bridgehead atoms. The Bertz CT molecular complexity index is 594. The molecule has 0 amide bonds. The third-order valence-corrected chi connectivity index (χ3v) is 3.34. The lowest BCUT2D eigenvalue weighted by Crippen LogP contribution is -2.25. The van der Waals surface area contributed by atoms with Crippen molar-refractivity contribution in [3.8, 4) is 6.07 Å². The van der Waals surface area contributed by atoms with Crippen molar-refractivity contribution in [1.29, 1.82) is 5.26 Å². The molecule has 0 aliphatic carbocycles. The number of nitriles is 1. The molecule has 0 spiro atoms. The van der Waals surface area contributed by atoms with Crippen molar-refractivity contribution in [2.24, 2.45) is 0 Å². The normalized spacial score (nSPS) is 11.3. The summed E-state index contributed by atoms with van der Waals surface area (Å²) in [4.78, 5) is 0. The summed E-state index contributed by atoms with van der Waals surface area (Å²) in [6, 6.07) is 9.72. The second-order valence-corrected chi connectivity index (χ2v) is 5.20. The van der Waals surface area contributed by atoms with Gasteiger partial charge in [-0.2, -0.15) is 5.26 Å². The van der Waals surface area contributed by atoms with E-state index in [4.69, 9.17) is 16.9 Å². The molecular weight excluding hydrogens is 262 g/mol. The van der Waals surface area contributed by atoms with E-state index in [1.165, 1.54) is 0 Å². The Labute approximate surface area is 116 Å².